The molecule has 4 atom stereocenters. The van der Waals surface area contributed by atoms with E-state index in [-0.39, 0.29) is 0 Å². The van der Waals surface area contributed by atoms with Gasteiger partial charge in [0.05, 0.1) is 12.2 Å². The average Bonchev–Trinajstić information content (AvgIpc) is 2.86. The molecule has 14 heavy (non-hydrogen) atoms. The fourth-order valence-corrected chi connectivity index (χ4v) is 3.66. The molecule has 2 N–H and O–H groups in total. The predicted molar refractivity (Wildman–Crippen MR) is 52.4 cm³/mol. The van der Waals surface area contributed by atoms with E-state index >= 15 is 0 Å². The molecule has 80 valence electrons. The van der Waals surface area contributed by atoms with Crippen LogP contribution in [0.2, 0.25) is 0 Å². The van der Waals surface area contributed by atoms with Gasteiger partial charge in [0.15, 0.2) is 0 Å². The molecule has 1 spiro atoms. The second-order valence-corrected chi connectivity index (χ2v) is 5.11. The molecule has 0 aromatic rings. The lowest BCUT2D eigenvalue weighted by atomic mass is 9.87. The van der Waals surface area contributed by atoms with Crippen molar-refractivity contribution in [3.63, 3.8) is 0 Å². The zero-order chi connectivity index (χ0) is 9.60. The summed E-state index contributed by atoms with van der Waals surface area (Å²) >= 11 is 0. The van der Waals surface area contributed by atoms with Gasteiger partial charge in [-0.2, -0.15) is 0 Å². The summed E-state index contributed by atoms with van der Waals surface area (Å²) < 4.78 is 5.90. The number of hydrogen-bond acceptors (Lipinski definition) is 3. The Morgan fingerprint density at radius 3 is 3.00 bits per heavy atom. The molecule has 1 saturated heterocycles. The summed E-state index contributed by atoms with van der Waals surface area (Å²) in [4.78, 5) is 5.03. The number of fused-ring (bicyclic) bond motifs is 2. The van der Waals surface area contributed by atoms with E-state index in [0.29, 0.717) is 17.6 Å². The minimum absolute atomic E-state index is 0.333. The van der Waals surface area contributed by atoms with Crippen LogP contribution in [-0.2, 0) is 9.57 Å². The molecule has 0 aromatic heterocycles. The summed E-state index contributed by atoms with van der Waals surface area (Å²) in [6, 6.07) is 0. The van der Waals surface area contributed by atoms with E-state index in [1.165, 1.54) is 38.5 Å². The lowest BCUT2D eigenvalue weighted by molar-refractivity contribution is 0.0177. The van der Waals surface area contributed by atoms with Crippen LogP contribution in [0.1, 0.15) is 38.5 Å². The number of nitrogens with two attached hydrogens (primary N) is 1. The first-order chi connectivity index (χ1) is 6.87. The van der Waals surface area contributed by atoms with E-state index in [1.54, 1.807) is 0 Å². The molecule has 0 bridgehead atoms. The van der Waals surface area contributed by atoms with Crippen LogP contribution in [0.25, 0.3) is 0 Å². The molecule has 0 radical (unpaired) electrons. The molecule has 1 unspecified atom stereocenters. The first-order valence-electron chi connectivity index (χ1n) is 5.84. The largest absolute Gasteiger partial charge is 0.378 e. The zero-order valence-electron chi connectivity index (χ0n) is 8.58. The third kappa shape index (κ3) is 1.16. The fourth-order valence-electron chi connectivity index (χ4n) is 3.66. The monoisotopic (exact) mass is 197 g/mol. The summed E-state index contributed by atoms with van der Waals surface area (Å²) in [6.07, 6.45) is 8.39. The topological polar surface area (TPSA) is 44.5 Å². The van der Waals surface area contributed by atoms with Crippen LogP contribution < -0.4 is 5.90 Å². The van der Waals surface area contributed by atoms with Gasteiger partial charge in [-0.15, -0.1) is 0 Å². The van der Waals surface area contributed by atoms with E-state index in [0.717, 1.165) is 12.5 Å². The smallest absolute Gasteiger partial charge is 0.0854 e. The van der Waals surface area contributed by atoms with Gasteiger partial charge < -0.3 is 9.57 Å². The van der Waals surface area contributed by atoms with Crippen molar-refractivity contribution >= 4 is 0 Å². The molecule has 3 nitrogen and oxygen atoms in total. The quantitative estimate of drug-likeness (QED) is 0.650. The van der Waals surface area contributed by atoms with Crippen LogP contribution in [0.15, 0.2) is 0 Å². The van der Waals surface area contributed by atoms with Gasteiger partial charge in [0.25, 0.3) is 0 Å². The third-order valence-corrected chi connectivity index (χ3v) is 4.53. The SMILES string of the molecule is NO[C@@H]1CC12CC[C@@H]1OCCCC[C@@H]12. The summed E-state index contributed by atoms with van der Waals surface area (Å²) in [5, 5.41) is 0. The lowest BCUT2D eigenvalue weighted by Gasteiger charge is -2.22. The summed E-state index contributed by atoms with van der Waals surface area (Å²) in [5.41, 5.74) is 0.420. The highest BCUT2D eigenvalue weighted by atomic mass is 16.6. The van der Waals surface area contributed by atoms with Gasteiger partial charge in [-0.25, -0.2) is 5.90 Å². The van der Waals surface area contributed by atoms with E-state index < -0.39 is 0 Å². The minimum Gasteiger partial charge on any atom is -0.378 e. The first-order valence-corrected chi connectivity index (χ1v) is 5.84. The van der Waals surface area contributed by atoms with Crippen LogP contribution in [0.4, 0.5) is 0 Å². The van der Waals surface area contributed by atoms with Crippen molar-refractivity contribution in [3.05, 3.63) is 0 Å². The molecule has 1 heterocycles. The van der Waals surface area contributed by atoms with Gasteiger partial charge in [-0.05, 0) is 38.0 Å². The average molecular weight is 197 g/mol. The predicted octanol–water partition coefficient (Wildman–Crippen LogP) is 1.61. The highest BCUT2D eigenvalue weighted by Crippen LogP contribution is 2.64. The third-order valence-electron chi connectivity index (χ3n) is 4.53. The van der Waals surface area contributed by atoms with Crippen molar-refractivity contribution in [1.29, 1.82) is 0 Å². The fraction of sp³-hybridized carbons (Fsp3) is 1.00. The Hall–Kier alpha value is -0.120. The molecule has 0 amide bonds. The maximum atomic E-state index is 5.90. The number of ether oxygens (including phenoxy) is 1. The molecule has 0 aromatic carbocycles. The Morgan fingerprint density at radius 2 is 2.21 bits per heavy atom. The van der Waals surface area contributed by atoms with Crippen LogP contribution in [0.5, 0.6) is 0 Å². The van der Waals surface area contributed by atoms with Gasteiger partial charge in [0, 0.05) is 12.0 Å². The van der Waals surface area contributed by atoms with Crippen LogP contribution in [-0.4, -0.2) is 18.8 Å². The number of hydrogen-bond donors (Lipinski definition) is 1. The Bertz CT molecular complexity index is 233. The Balaban J connectivity index is 1.77. The molecular formula is C11H19NO2. The van der Waals surface area contributed by atoms with E-state index in [2.05, 4.69) is 0 Å². The van der Waals surface area contributed by atoms with Crippen molar-refractivity contribution < 1.29 is 9.57 Å². The minimum atomic E-state index is 0.333. The molecule has 3 fully saturated rings. The van der Waals surface area contributed by atoms with Crippen molar-refractivity contribution in [2.24, 2.45) is 17.2 Å². The van der Waals surface area contributed by atoms with Gasteiger partial charge in [-0.3, -0.25) is 0 Å². The van der Waals surface area contributed by atoms with E-state index in [4.69, 9.17) is 15.5 Å². The summed E-state index contributed by atoms with van der Waals surface area (Å²) in [5.74, 6) is 6.04. The highest BCUT2D eigenvalue weighted by molar-refractivity contribution is 5.13. The van der Waals surface area contributed by atoms with Crippen LogP contribution >= 0.6 is 0 Å². The van der Waals surface area contributed by atoms with Crippen molar-refractivity contribution in [2.75, 3.05) is 6.61 Å². The molecule has 2 aliphatic carbocycles. The molecule has 2 saturated carbocycles. The Kier molecular flexibility index (Phi) is 2.08. The summed E-state index contributed by atoms with van der Waals surface area (Å²) in [6.45, 7) is 0.964. The van der Waals surface area contributed by atoms with Gasteiger partial charge in [0.2, 0.25) is 0 Å². The van der Waals surface area contributed by atoms with Crippen LogP contribution in [0, 0.1) is 11.3 Å². The molecule has 1 aliphatic heterocycles. The lowest BCUT2D eigenvalue weighted by Crippen LogP contribution is -2.24. The van der Waals surface area contributed by atoms with Gasteiger partial charge >= 0.3 is 0 Å². The standard InChI is InChI=1S/C11H19NO2/c12-14-10-7-11(10)5-4-9-8(11)3-1-2-6-13-9/h8-10H,1-7,12H2/t8-,9-,10+,11?/m0/s1. The van der Waals surface area contributed by atoms with Crippen molar-refractivity contribution in [2.45, 2.75) is 50.7 Å². The normalized spacial score (nSPS) is 51.6. The molecular weight excluding hydrogens is 178 g/mol. The molecule has 3 rings (SSSR count). The maximum absolute atomic E-state index is 5.90. The Labute approximate surface area is 84.9 Å². The van der Waals surface area contributed by atoms with Gasteiger partial charge in [0.1, 0.15) is 0 Å². The van der Waals surface area contributed by atoms with E-state index in [9.17, 15) is 0 Å². The van der Waals surface area contributed by atoms with Crippen molar-refractivity contribution in [3.8, 4) is 0 Å². The maximum Gasteiger partial charge on any atom is 0.0854 e. The molecule has 3 aliphatic rings. The van der Waals surface area contributed by atoms with Crippen molar-refractivity contribution in [1.82, 2.24) is 0 Å². The second-order valence-electron chi connectivity index (χ2n) is 5.11. The van der Waals surface area contributed by atoms with Crippen LogP contribution in [0.3, 0.4) is 0 Å². The Morgan fingerprint density at radius 1 is 1.29 bits per heavy atom. The van der Waals surface area contributed by atoms with Gasteiger partial charge in [-0.1, -0.05) is 6.42 Å². The second kappa shape index (κ2) is 3.19. The highest BCUT2D eigenvalue weighted by Gasteiger charge is 2.64. The summed E-state index contributed by atoms with van der Waals surface area (Å²) in [7, 11) is 0. The van der Waals surface area contributed by atoms with E-state index in [1.807, 2.05) is 0 Å². The number of rotatable bonds is 1. The zero-order valence-corrected chi connectivity index (χ0v) is 8.58. The first kappa shape index (κ1) is 9.13. The molecule has 3 heteroatoms.